The molecule has 0 aromatic heterocycles. The highest BCUT2D eigenvalue weighted by Gasteiger charge is 2.33. The van der Waals surface area contributed by atoms with Crippen LogP contribution in [0.15, 0.2) is 22.7 Å². The van der Waals surface area contributed by atoms with E-state index in [9.17, 15) is 22.4 Å². The zero-order valence-corrected chi connectivity index (χ0v) is 11.1. The zero-order chi connectivity index (χ0) is 14.6. The van der Waals surface area contributed by atoms with Crippen LogP contribution >= 0.6 is 15.9 Å². The summed E-state index contributed by atoms with van der Waals surface area (Å²) in [4.78, 5) is 12.4. The van der Waals surface area contributed by atoms with Crippen LogP contribution in [0.25, 0.3) is 0 Å². The van der Waals surface area contributed by atoms with Gasteiger partial charge < -0.3 is 10.0 Å². The number of carbonyl (C=O) groups excluding carboxylic acids is 1. The molecule has 19 heavy (non-hydrogen) atoms. The molecule has 0 atom stereocenters. The van der Waals surface area contributed by atoms with E-state index in [1.165, 1.54) is 0 Å². The van der Waals surface area contributed by atoms with E-state index in [1.54, 1.807) is 0 Å². The van der Waals surface area contributed by atoms with Crippen molar-refractivity contribution in [3.05, 3.63) is 34.1 Å². The van der Waals surface area contributed by atoms with E-state index in [2.05, 4.69) is 15.9 Å². The number of amides is 1. The fourth-order valence-corrected chi connectivity index (χ4v) is 1.94. The standard InChI is InChI=1S/C11H10BrF4NO2/c12-9-5-7(13)1-2-8(9)10(19)17(3-4-18)6-11(14,15)16/h1-2,5,18H,3-4,6H2. The minimum Gasteiger partial charge on any atom is -0.395 e. The van der Waals surface area contributed by atoms with Crippen LogP contribution in [0.5, 0.6) is 0 Å². The lowest BCUT2D eigenvalue weighted by Crippen LogP contribution is -2.40. The molecule has 0 spiro atoms. The third-order valence-electron chi connectivity index (χ3n) is 2.19. The van der Waals surface area contributed by atoms with Gasteiger partial charge >= 0.3 is 6.18 Å². The highest BCUT2D eigenvalue weighted by Crippen LogP contribution is 2.22. The van der Waals surface area contributed by atoms with Gasteiger partial charge in [0.05, 0.1) is 12.2 Å². The number of rotatable bonds is 4. The molecule has 1 aromatic rings. The molecule has 1 rings (SSSR count). The van der Waals surface area contributed by atoms with Crippen molar-refractivity contribution in [1.29, 1.82) is 0 Å². The summed E-state index contributed by atoms with van der Waals surface area (Å²) < 4.78 is 49.9. The van der Waals surface area contributed by atoms with Crippen LogP contribution < -0.4 is 0 Å². The van der Waals surface area contributed by atoms with E-state index in [0.717, 1.165) is 18.2 Å². The van der Waals surface area contributed by atoms with E-state index >= 15 is 0 Å². The molecule has 1 amide bonds. The molecule has 0 bridgehead atoms. The molecule has 1 aromatic carbocycles. The number of nitrogens with zero attached hydrogens (tertiary/aromatic N) is 1. The number of alkyl halides is 3. The molecule has 0 unspecified atom stereocenters. The summed E-state index contributed by atoms with van der Waals surface area (Å²) in [5, 5.41) is 8.71. The quantitative estimate of drug-likeness (QED) is 0.853. The summed E-state index contributed by atoms with van der Waals surface area (Å²) in [6, 6.07) is 3.04. The zero-order valence-electron chi connectivity index (χ0n) is 9.55. The van der Waals surface area contributed by atoms with Crippen molar-refractivity contribution >= 4 is 21.8 Å². The summed E-state index contributed by atoms with van der Waals surface area (Å²) in [6.07, 6.45) is -4.57. The smallest absolute Gasteiger partial charge is 0.395 e. The maximum atomic E-state index is 12.9. The molecule has 106 valence electrons. The number of hydrogen-bond donors (Lipinski definition) is 1. The molecule has 0 aliphatic carbocycles. The SMILES string of the molecule is O=C(c1ccc(F)cc1Br)N(CCO)CC(F)(F)F. The average molecular weight is 344 g/mol. The second-order valence-corrected chi connectivity index (χ2v) is 4.54. The van der Waals surface area contributed by atoms with Gasteiger partial charge in [-0.1, -0.05) is 0 Å². The predicted molar refractivity (Wildman–Crippen MR) is 63.1 cm³/mol. The average Bonchev–Trinajstić information content (AvgIpc) is 2.26. The Morgan fingerprint density at radius 1 is 1.37 bits per heavy atom. The first-order valence-electron chi connectivity index (χ1n) is 5.16. The summed E-state index contributed by atoms with van der Waals surface area (Å²) in [6.45, 7) is -2.53. The van der Waals surface area contributed by atoms with E-state index in [1.807, 2.05) is 0 Å². The van der Waals surface area contributed by atoms with Crippen molar-refractivity contribution in [2.45, 2.75) is 6.18 Å². The topological polar surface area (TPSA) is 40.5 Å². The largest absolute Gasteiger partial charge is 0.406 e. The van der Waals surface area contributed by atoms with E-state index in [-0.39, 0.29) is 10.0 Å². The molecule has 8 heteroatoms. The Kier molecular flexibility index (Phi) is 5.30. The number of halogens is 5. The monoisotopic (exact) mass is 343 g/mol. The minimum atomic E-state index is -4.57. The lowest BCUT2D eigenvalue weighted by molar-refractivity contribution is -0.141. The molecular weight excluding hydrogens is 334 g/mol. The van der Waals surface area contributed by atoms with Gasteiger partial charge in [-0.05, 0) is 34.1 Å². The van der Waals surface area contributed by atoms with Gasteiger partial charge in [-0.2, -0.15) is 13.2 Å². The Bertz CT molecular complexity index is 464. The fourth-order valence-electron chi connectivity index (χ4n) is 1.42. The van der Waals surface area contributed by atoms with Crippen LogP contribution in [0.1, 0.15) is 10.4 Å². The molecule has 0 aliphatic heterocycles. The summed E-state index contributed by atoms with van der Waals surface area (Å²) in [7, 11) is 0. The van der Waals surface area contributed by atoms with Gasteiger partial charge in [0.2, 0.25) is 0 Å². The lowest BCUT2D eigenvalue weighted by atomic mass is 10.2. The molecule has 0 fully saturated rings. The van der Waals surface area contributed by atoms with Gasteiger partial charge in [-0.15, -0.1) is 0 Å². The van der Waals surface area contributed by atoms with E-state index < -0.39 is 37.6 Å². The van der Waals surface area contributed by atoms with Crippen LogP contribution in [0.4, 0.5) is 17.6 Å². The number of hydrogen-bond acceptors (Lipinski definition) is 2. The number of aliphatic hydroxyl groups excluding tert-OH is 1. The normalized spacial score (nSPS) is 11.5. The van der Waals surface area contributed by atoms with Crippen LogP contribution in [0.2, 0.25) is 0 Å². The molecule has 0 radical (unpaired) electrons. The van der Waals surface area contributed by atoms with Gasteiger partial charge in [-0.3, -0.25) is 4.79 Å². The molecule has 0 heterocycles. The maximum absolute atomic E-state index is 12.9. The van der Waals surface area contributed by atoms with Crippen molar-refractivity contribution in [3.8, 4) is 0 Å². The Balaban J connectivity index is 2.99. The maximum Gasteiger partial charge on any atom is 0.406 e. The first-order valence-corrected chi connectivity index (χ1v) is 5.96. The molecule has 3 nitrogen and oxygen atoms in total. The van der Waals surface area contributed by atoms with E-state index in [0.29, 0.717) is 4.90 Å². The highest BCUT2D eigenvalue weighted by molar-refractivity contribution is 9.10. The number of benzene rings is 1. The highest BCUT2D eigenvalue weighted by atomic mass is 79.9. The van der Waals surface area contributed by atoms with Gasteiger partial charge in [0, 0.05) is 11.0 Å². The van der Waals surface area contributed by atoms with Crippen LogP contribution in [0.3, 0.4) is 0 Å². The number of carbonyl (C=O) groups is 1. The first kappa shape index (κ1) is 15.9. The van der Waals surface area contributed by atoms with Gasteiger partial charge in [0.1, 0.15) is 12.4 Å². The summed E-state index contributed by atoms with van der Waals surface area (Å²) >= 11 is 2.92. The Hall–Kier alpha value is -1.15. The van der Waals surface area contributed by atoms with Crippen LogP contribution in [-0.2, 0) is 0 Å². The summed E-state index contributed by atoms with van der Waals surface area (Å²) in [5.41, 5.74) is -0.0981. The van der Waals surface area contributed by atoms with Crippen molar-refractivity contribution in [1.82, 2.24) is 4.90 Å². The molecule has 0 aliphatic rings. The molecule has 0 saturated heterocycles. The Labute approximate surface area is 115 Å². The van der Waals surface area contributed by atoms with Crippen LogP contribution in [0, 0.1) is 5.82 Å². The summed E-state index contributed by atoms with van der Waals surface area (Å²) in [5.74, 6) is -1.55. The minimum absolute atomic E-state index is 0.0580. The van der Waals surface area contributed by atoms with Crippen molar-refractivity contribution in [2.75, 3.05) is 19.7 Å². The van der Waals surface area contributed by atoms with Crippen LogP contribution in [-0.4, -0.2) is 41.8 Å². The molecule has 0 saturated carbocycles. The van der Waals surface area contributed by atoms with Gasteiger partial charge in [0.15, 0.2) is 0 Å². The predicted octanol–water partition coefficient (Wildman–Crippen LogP) is 2.59. The van der Waals surface area contributed by atoms with Gasteiger partial charge in [0.25, 0.3) is 5.91 Å². The number of aliphatic hydroxyl groups is 1. The molecular formula is C11H10BrF4NO2. The van der Waals surface area contributed by atoms with E-state index in [4.69, 9.17) is 5.11 Å². The third-order valence-corrected chi connectivity index (χ3v) is 2.84. The third kappa shape index (κ3) is 4.79. The van der Waals surface area contributed by atoms with Crippen molar-refractivity contribution < 1.29 is 27.5 Å². The lowest BCUT2D eigenvalue weighted by Gasteiger charge is -2.23. The van der Waals surface area contributed by atoms with Crippen molar-refractivity contribution in [3.63, 3.8) is 0 Å². The molecule has 1 N–H and O–H groups in total. The second-order valence-electron chi connectivity index (χ2n) is 3.69. The fraction of sp³-hybridized carbons (Fsp3) is 0.364. The second kappa shape index (κ2) is 6.33. The Morgan fingerprint density at radius 2 is 2.00 bits per heavy atom. The Morgan fingerprint density at radius 3 is 2.47 bits per heavy atom. The van der Waals surface area contributed by atoms with Gasteiger partial charge in [-0.25, -0.2) is 4.39 Å². The first-order chi connectivity index (χ1) is 8.74. The van der Waals surface area contributed by atoms with Crippen molar-refractivity contribution in [2.24, 2.45) is 0 Å².